The Hall–Kier alpha value is -1.12. The lowest BCUT2D eigenvalue weighted by atomic mass is 10.3. The van der Waals surface area contributed by atoms with E-state index in [-0.39, 0.29) is 24.0 Å². The summed E-state index contributed by atoms with van der Waals surface area (Å²) in [6, 6.07) is 0. The van der Waals surface area contributed by atoms with Gasteiger partial charge < -0.3 is 14.7 Å². The molecule has 1 aromatic rings. The van der Waals surface area contributed by atoms with Crippen molar-refractivity contribution in [2.75, 3.05) is 26.7 Å². The number of unbranched alkanes of at least 4 members (excludes halogenated alkanes) is 1. The first kappa shape index (κ1) is 20.9. The largest absolute Gasteiger partial charge is 0.357 e. The highest BCUT2D eigenvalue weighted by atomic mass is 127. The summed E-state index contributed by atoms with van der Waals surface area (Å²) in [5.41, 5.74) is 0. The highest BCUT2D eigenvalue weighted by molar-refractivity contribution is 14.0. The Balaban J connectivity index is 0.00000441. The fourth-order valence-corrected chi connectivity index (χ4v) is 1.91. The number of allylic oxidation sites excluding steroid dienone is 1. The number of rotatable bonds is 9. The van der Waals surface area contributed by atoms with Gasteiger partial charge in [-0.15, -0.1) is 30.6 Å². The van der Waals surface area contributed by atoms with Crippen LogP contribution in [0.2, 0.25) is 0 Å². The van der Waals surface area contributed by atoms with Crippen molar-refractivity contribution in [2.45, 2.75) is 39.5 Å². The van der Waals surface area contributed by atoms with Gasteiger partial charge in [0.15, 0.2) is 11.8 Å². The molecule has 0 saturated heterocycles. The van der Waals surface area contributed by atoms with Gasteiger partial charge in [0.05, 0.1) is 0 Å². The van der Waals surface area contributed by atoms with Crippen LogP contribution in [-0.4, -0.2) is 47.7 Å². The highest BCUT2D eigenvalue weighted by Crippen LogP contribution is 2.01. The molecular formula is C15H28IN5O. The highest BCUT2D eigenvalue weighted by Gasteiger charge is 2.05. The summed E-state index contributed by atoms with van der Waals surface area (Å²) < 4.78 is 5.09. The molecule has 126 valence electrons. The van der Waals surface area contributed by atoms with E-state index in [2.05, 4.69) is 45.9 Å². The summed E-state index contributed by atoms with van der Waals surface area (Å²) in [5, 5.41) is 7.09. The van der Waals surface area contributed by atoms with Crippen LogP contribution in [0.25, 0.3) is 0 Å². The predicted molar refractivity (Wildman–Crippen MR) is 101 cm³/mol. The number of nitrogens with one attached hydrogen (secondary N) is 1. The lowest BCUT2D eigenvalue weighted by Crippen LogP contribution is -2.39. The number of aliphatic imine (C=N–C) groups is 1. The number of halogens is 1. The van der Waals surface area contributed by atoms with Crippen molar-refractivity contribution < 1.29 is 4.52 Å². The third kappa shape index (κ3) is 8.35. The van der Waals surface area contributed by atoms with Crippen molar-refractivity contribution >= 4 is 29.9 Å². The normalized spacial score (nSPS) is 11.0. The zero-order chi connectivity index (χ0) is 15.5. The molecule has 6 nitrogen and oxygen atoms in total. The number of hydrogen-bond acceptors (Lipinski definition) is 4. The number of aryl methyl sites for hydroxylation is 2. The van der Waals surface area contributed by atoms with Gasteiger partial charge in [-0.25, -0.2) is 0 Å². The van der Waals surface area contributed by atoms with Gasteiger partial charge in [0.1, 0.15) is 0 Å². The predicted octanol–water partition coefficient (Wildman–Crippen LogP) is 2.79. The summed E-state index contributed by atoms with van der Waals surface area (Å²) in [6.45, 7) is 10.2. The van der Waals surface area contributed by atoms with Crippen molar-refractivity contribution in [3.8, 4) is 0 Å². The van der Waals surface area contributed by atoms with Crippen molar-refractivity contribution in [2.24, 2.45) is 4.99 Å². The second-order valence-electron chi connectivity index (χ2n) is 4.93. The Kier molecular flexibility index (Phi) is 11.8. The molecule has 0 aliphatic carbocycles. The minimum absolute atomic E-state index is 0. The molecule has 1 rings (SSSR count). The van der Waals surface area contributed by atoms with Crippen LogP contribution in [0.15, 0.2) is 22.2 Å². The summed E-state index contributed by atoms with van der Waals surface area (Å²) >= 11 is 0. The van der Waals surface area contributed by atoms with E-state index in [4.69, 9.17) is 4.52 Å². The molecule has 0 aromatic carbocycles. The molecule has 0 aliphatic heterocycles. The Labute approximate surface area is 150 Å². The van der Waals surface area contributed by atoms with Crippen LogP contribution in [0.1, 0.15) is 37.9 Å². The first-order chi connectivity index (χ1) is 10.2. The Morgan fingerprint density at radius 1 is 1.45 bits per heavy atom. The van der Waals surface area contributed by atoms with E-state index in [0.717, 1.165) is 51.3 Å². The molecule has 0 fully saturated rings. The lowest BCUT2D eigenvalue weighted by Gasteiger charge is -2.21. The number of aromatic nitrogens is 2. The van der Waals surface area contributed by atoms with Crippen LogP contribution in [0.3, 0.4) is 0 Å². The fourth-order valence-electron chi connectivity index (χ4n) is 1.91. The van der Waals surface area contributed by atoms with E-state index in [1.54, 1.807) is 0 Å². The van der Waals surface area contributed by atoms with Gasteiger partial charge in [0.2, 0.25) is 5.89 Å². The summed E-state index contributed by atoms with van der Waals surface area (Å²) in [7, 11) is 2.06. The maximum atomic E-state index is 5.09. The van der Waals surface area contributed by atoms with Crippen LogP contribution in [0, 0.1) is 6.92 Å². The number of hydrogen-bond donors (Lipinski definition) is 1. The SMILES string of the molecule is C=CCCCN(C)C(=NCCCc1nc(C)no1)NCC.I. The Morgan fingerprint density at radius 3 is 2.82 bits per heavy atom. The smallest absolute Gasteiger partial charge is 0.226 e. The minimum Gasteiger partial charge on any atom is -0.357 e. The van der Waals surface area contributed by atoms with E-state index in [9.17, 15) is 0 Å². The molecule has 0 radical (unpaired) electrons. The van der Waals surface area contributed by atoms with Gasteiger partial charge in [-0.3, -0.25) is 4.99 Å². The van der Waals surface area contributed by atoms with Gasteiger partial charge >= 0.3 is 0 Å². The van der Waals surface area contributed by atoms with Crippen LogP contribution >= 0.6 is 24.0 Å². The molecule has 1 aromatic heterocycles. The Morgan fingerprint density at radius 2 is 2.23 bits per heavy atom. The van der Waals surface area contributed by atoms with Crippen molar-refractivity contribution in [1.82, 2.24) is 20.4 Å². The quantitative estimate of drug-likeness (QED) is 0.218. The van der Waals surface area contributed by atoms with Crippen LogP contribution in [0.4, 0.5) is 0 Å². The van der Waals surface area contributed by atoms with E-state index >= 15 is 0 Å². The van der Waals surface area contributed by atoms with Crippen LogP contribution in [0.5, 0.6) is 0 Å². The molecule has 1 heterocycles. The van der Waals surface area contributed by atoms with Crippen molar-refractivity contribution in [1.29, 1.82) is 0 Å². The molecule has 0 bridgehead atoms. The van der Waals surface area contributed by atoms with E-state index in [1.807, 2.05) is 13.0 Å². The average molecular weight is 421 g/mol. The third-order valence-corrected chi connectivity index (χ3v) is 2.98. The number of nitrogens with zero attached hydrogens (tertiary/aromatic N) is 4. The summed E-state index contributed by atoms with van der Waals surface area (Å²) in [4.78, 5) is 11.0. The molecule has 7 heteroatoms. The summed E-state index contributed by atoms with van der Waals surface area (Å²) in [5.74, 6) is 2.32. The molecule has 0 unspecified atom stereocenters. The second kappa shape index (κ2) is 12.4. The summed E-state index contributed by atoms with van der Waals surface area (Å²) in [6.07, 6.45) is 5.73. The maximum absolute atomic E-state index is 5.09. The molecular weight excluding hydrogens is 393 g/mol. The fraction of sp³-hybridized carbons (Fsp3) is 0.667. The molecule has 22 heavy (non-hydrogen) atoms. The standard InChI is InChI=1S/C15H27N5O.HI/c1-5-7-8-12-20(4)15(16-6-2)17-11-9-10-14-18-13(3)19-21-14;/h5H,1,6-12H2,2-4H3,(H,16,17);1H. The molecule has 0 saturated carbocycles. The van der Waals surface area contributed by atoms with Gasteiger partial charge in [-0.05, 0) is 33.1 Å². The zero-order valence-corrected chi connectivity index (χ0v) is 16.2. The maximum Gasteiger partial charge on any atom is 0.226 e. The number of guanidine groups is 1. The van der Waals surface area contributed by atoms with Gasteiger partial charge in [0.25, 0.3) is 0 Å². The van der Waals surface area contributed by atoms with Crippen LogP contribution in [-0.2, 0) is 6.42 Å². The monoisotopic (exact) mass is 421 g/mol. The molecule has 0 spiro atoms. The van der Waals surface area contributed by atoms with Gasteiger partial charge in [-0.1, -0.05) is 11.2 Å². The average Bonchev–Trinajstić information content (AvgIpc) is 2.88. The Bertz CT molecular complexity index is 447. The van der Waals surface area contributed by atoms with E-state index in [1.165, 1.54) is 0 Å². The topological polar surface area (TPSA) is 66.5 Å². The van der Waals surface area contributed by atoms with Crippen molar-refractivity contribution in [3.63, 3.8) is 0 Å². The van der Waals surface area contributed by atoms with Crippen LogP contribution < -0.4 is 5.32 Å². The molecule has 0 amide bonds. The third-order valence-electron chi connectivity index (χ3n) is 2.98. The van der Waals surface area contributed by atoms with Crippen molar-refractivity contribution in [3.05, 3.63) is 24.4 Å². The van der Waals surface area contributed by atoms with Gasteiger partial charge in [-0.2, -0.15) is 4.98 Å². The molecule has 0 aliphatic rings. The second-order valence-corrected chi connectivity index (χ2v) is 4.93. The molecule has 1 N–H and O–H groups in total. The minimum atomic E-state index is 0. The first-order valence-corrected chi connectivity index (χ1v) is 7.57. The van der Waals surface area contributed by atoms with Gasteiger partial charge in [0, 0.05) is 33.1 Å². The van der Waals surface area contributed by atoms with E-state index < -0.39 is 0 Å². The molecule has 0 atom stereocenters. The first-order valence-electron chi connectivity index (χ1n) is 7.57. The van der Waals surface area contributed by atoms with E-state index in [0.29, 0.717) is 11.7 Å². The zero-order valence-electron chi connectivity index (χ0n) is 13.8. The lowest BCUT2D eigenvalue weighted by molar-refractivity contribution is 0.372.